The molecule has 2 aromatic rings. The van der Waals surface area contributed by atoms with E-state index in [1.54, 1.807) is 6.08 Å². The summed E-state index contributed by atoms with van der Waals surface area (Å²) in [5, 5.41) is 9.17. The van der Waals surface area contributed by atoms with Gasteiger partial charge in [-0.25, -0.2) is 4.79 Å². The molecule has 0 fully saturated rings. The number of carbonyl (C=O) groups is 1. The Morgan fingerprint density at radius 3 is 2.52 bits per heavy atom. The lowest BCUT2D eigenvalue weighted by atomic mass is 9.93. The van der Waals surface area contributed by atoms with Crippen LogP contribution in [0.25, 0.3) is 17.2 Å². The van der Waals surface area contributed by atoms with Crippen molar-refractivity contribution in [2.45, 2.75) is 6.42 Å². The molecule has 3 nitrogen and oxygen atoms in total. The van der Waals surface area contributed by atoms with Crippen LogP contribution in [0.2, 0.25) is 0 Å². The van der Waals surface area contributed by atoms with Gasteiger partial charge in [0.2, 0.25) is 0 Å². The molecule has 0 aromatic heterocycles. The van der Waals surface area contributed by atoms with Gasteiger partial charge in [-0.05, 0) is 28.7 Å². The third-order valence-electron chi connectivity index (χ3n) is 3.38. The zero-order valence-corrected chi connectivity index (χ0v) is 12.0. The molecule has 2 rings (SSSR count). The van der Waals surface area contributed by atoms with Crippen molar-refractivity contribution in [2.75, 3.05) is 13.7 Å². The van der Waals surface area contributed by atoms with Crippen LogP contribution in [0.5, 0.6) is 0 Å². The largest absolute Gasteiger partial charge is 0.465 e. The molecule has 0 aliphatic rings. The second-order valence-electron chi connectivity index (χ2n) is 4.63. The molecule has 1 N–H and O–H groups in total. The van der Waals surface area contributed by atoms with Gasteiger partial charge in [-0.15, -0.1) is 0 Å². The number of aliphatic hydroxyl groups is 1. The number of aliphatic hydroxyl groups excluding tert-OH is 1. The van der Waals surface area contributed by atoms with Gasteiger partial charge in [0, 0.05) is 6.61 Å². The molecule has 0 bridgehead atoms. The van der Waals surface area contributed by atoms with E-state index in [9.17, 15) is 4.79 Å². The highest BCUT2D eigenvalue weighted by atomic mass is 16.5. The number of rotatable bonds is 5. The Labute approximate surface area is 124 Å². The normalized spacial score (nSPS) is 10.2. The molecule has 2 aromatic carbocycles. The molecule has 0 saturated heterocycles. The van der Waals surface area contributed by atoms with Crippen molar-refractivity contribution in [3.63, 3.8) is 0 Å². The summed E-state index contributed by atoms with van der Waals surface area (Å²) in [6, 6.07) is 13.4. The van der Waals surface area contributed by atoms with Crippen LogP contribution in [0.4, 0.5) is 0 Å². The quantitative estimate of drug-likeness (QED) is 0.856. The van der Waals surface area contributed by atoms with E-state index in [4.69, 9.17) is 9.84 Å². The van der Waals surface area contributed by atoms with Crippen LogP contribution in [-0.2, 0) is 11.2 Å². The Hall–Kier alpha value is -2.39. The van der Waals surface area contributed by atoms with Crippen molar-refractivity contribution in [3.05, 3.63) is 65.7 Å². The maximum absolute atomic E-state index is 12.1. The number of ether oxygens (including phenoxy) is 1. The highest BCUT2D eigenvalue weighted by molar-refractivity contribution is 5.98. The van der Waals surface area contributed by atoms with Crippen LogP contribution in [-0.4, -0.2) is 24.8 Å². The number of methoxy groups -OCH3 is 1. The molecule has 108 valence electrons. The summed E-state index contributed by atoms with van der Waals surface area (Å²) in [7, 11) is 1.36. The molecule has 21 heavy (non-hydrogen) atoms. The third-order valence-corrected chi connectivity index (χ3v) is 3.38. The summed E-state index contributed by atoms with van der Waals surface area (Å²) in [6.45, 7) is 3.72. The van der Waals surface area contributed by atoms with Crippen molar-refractivity contribution in [1.29, 1.82) is 0 Å². The molecule has 0 spiro atoms. The molecule has 0 radical (unpaired) electrons. The average molecular weight is 282 g/mol. The lowest BCUT2D eigenvalue weighted by molar-refractivity contribution is 0.0600. The fourth-order valence-electron chi connectivity index (χ4n) is 2.31. The third kappa shape index (κ3) is 3.20. The maximum atomic E-state index is 12.1. The molecule has 3 heteroatoms. The molecule has 0 saturated carbocycles. The van der Waals surface area contributed by atoms with Crippen LogP contribution in [0.1, 0.15) is 21.5 Å². The van der Waals surface area contributed by atoms with Gasteiger partial charge in [0.25, 0.3) is 0 Å². The molecule has 0 aliphatic carbocycles. The lowest BCUT2D eigenvalue weighted by Gasteiger charge is -2.13. The van der Waals surface area contributed by atoms with Crippen LogP contribution in [0.3, 0.4) is 0 Å². The number of carbonyl (C=O) groups excluding carboxylic acids is 1. The summed E-state index contributed by atoms with van der Waals surface area (Å²) in [6.07, 6.45) is 2.19. The first kappa shape index (κ1) is 15.0. The lowest BCUT2D eigenvalue weighted by Crippen LogP contribution is -2.09. The second kappa shape index (κ2) is 6.86. The first-order valence-electron chi connectivity index (χ1n) is 6.75. The molecule has 0 unspecified atom stereocenters. The molecule has 0 amide bonds. The minimum atomic E-state index is -0.387. The Balaban J connectivity index is 2.57. The highest BCUT2D eigenvalue weighted by Gasteiger charge is 2.17. The van der Waals surface area contributed by atoms with E-state index in [1.165, 1.54) is 7.11 Å². The number of hydrogen-bond acceptors (Lipinski definition) is 3. The van der Waals surface area contributed by atoms with Gasteiger partial charge >= 0.3 is 5.97 Å². The molecular weight excluding hydrogens is 264 g/mol. The van der Waals surface area contributed by atoms with Gasteiger partial charge in [0.05, 0.1) is 12.7 Å². The minimum absolute atomic E-state index is 0.0111. The molecule has 0 heterocycles. The minimum Gasteiger partial charge on any atom is -0.465 e. The average Bonchev–Trinajstić information content (AvgIpc) is 2.54. The molecular formula is C18H18O3. The predicted octanol–water partition coefficient (Wildman–Crippen LogP) is 3.32. The van der Waals surface area contributed by atoms with E-state index in [-0.39, 0.29) is 12.6 Å². The molecule has 0 atom stereocenters. The van der Waals surface area contributed by atoms with E-state index < -0.39 is 0 Å². The highest BCUT2D eigenvalue weighted by Crippen LogP contribution is 2.28. The fraction of sp³-hybridized carbons (Fsp3) is 0.167. The smallest absolute Gasteiger partial charge is 0.338 e. The summed E-state index contributed by atoms with van der Waals surface area (Å²) in [5.74, 6) is -0.387. The van der Waals surface area contributed by atoms with Crippen molar-refractivity contribution in [2.24, 2.45) is 0 Å². The zero-order valence-electron chi connectivity index (χ0n) is 12.0. The fourth-order valence-corrected chi connectivity index (χ4v) is 2.31. The summed E-state index contributed by atoms with van der Waals surface area (Å²) in [4.78, 5) is 12.1. The Morgan fingerprint density at radius 1 is 1.24 bits per heavy atom. The van der Waals surface area contributed by atoms with Gasteiger partial charge in [-0.3, -0.25) is 0 Å². The van der Waals surface area contributed by atoms with Crippen molar-refractivity contribution >= 4 is 12.0 Å². The van der Waals surface area contributed by atoms with Crippen LogP contribution in [0, 0.1) is 0 Å². The molecule has 0 aliphatic heterocycles. The maximum Gasteiger partial charge on any atom is 0.338 e. The van der Waals surface area contributed by atoms with Crippen LogP contribution < -0.4 is 0 Å². The van der Waals surface area contributed by atoms with E-state index in [2.05, 4.69) is 6.58 Å². The summed E-state index contributed by atoms with van der Waals surface area (Å²) < 4.78 is 4.89. The second-order valence-corrected chi connectivity index (χ2v) is 4.63. The van der Waals surface area contributed by atoms with Gasteiger partial charge in [0.1, 0.15) is 0 Å². The monoisotopic (exact) mass is 282 g/mol. The van der Waals surface area contributed by atoms with E-state index in [0.717, 1.165) is 22.3 Å². The van der Waals surface area contributed by atoms with Crippen molar-refractivity contribution in [1.82, 2.24) is 0 Å². The van der Waals surface area contributed by atoms with Gasteiger partial charge in [-0.2, -0.15) is 0 Å². The first-order valence-corrected chi connectivity index (χ1v) is 6.75. The number of esters is 1. The SMILES string of the molecule is C=Cc1ccc(-c2cccc(CCO)c2C(=O)OC)cc1. The van der Waals surface area contributed by atoms with E-state index in [1.807, 2.05) is 42.5 Å². The van der Waals surface area contributed by atoms with E-state index >= 15 is 0 Å². The standard InChI is InChI=1S/C18H18O3/c1-3-13-7-9-14(10-8-13)16-6-4-5-15(11-12-19)17(16)18(20)21-2/h3-10,19H,1,11-12H2,2H3. The Kier molecular flexibility index (Phi) is 4.90. The van der Waals surface area contributed by atoms with Gasteiger partial charge in [0.15, 0.2) is 0 Å². The summed E-state index contributed by atoms with van der Waals surface area (Å²) >= 11 is 0. The van der Waals surface area contributed by atoms with Gasteiger partial charge < -0.3 is 9.84 Å². The Morgan fingerprint density at radius 2 is 1.95 bits per heavy atom. The van der Waals surface area contributed by atoms with Gasteiger partial charge in [-0.1, -0.05) is 55.1 Å². The van der Waals surface area contributed by atoms with E-state index in [0.29, 0.717) is 12.0 Å². The van der Waals surface area contributed by atoms with Crippen molar-refractivity contribution in [3.8, 4) is 11.1 Å². The van der Waals surface area contributed by atoms with Crippen LogP contribution in [0.15, 0.2) is 49.0 Å². The topological polar surface area (TPSA) is 46.5 Å². The number of benzene rings is 2. The van der Waals surface area contributed by atoms with Crippen LogP contribution >= 0.6 is 0 Å². The first-order chi connectivity index (χ1) is 10.2. The summed E-state index contributed by atoms with van der Waals surface area (Å²) in [5.41, 5.74) is 4.06. The van der Waals surface area contributed by atoms with Crippen molar-refractivity contribution < 1.29 is 14.6 Å². The zero-order chi connectivity index (χ0) is 15.2. The predicted molar refractivity (Wildman–Crippen MR) is 84.1 cm³/mol. The number of hydrogen-bond donors (Lipinski definition) is 1. The Bertz CT molecular complexity index is 642.